The van der Waals surface area contributed by atoms with E-state index in [0.717, 1.165) is 37.9 Å². The molecular weight excluding hydrogens is 654 g/mol. The minimum atomic E-state index is -0.577. The molecule has 6 nitrogen and oxygen atoms in total. The zero-order valence-corrected chi connectivity index (χ0v) is 29.3. The predicted octanol–water partition coefficient (Wildman–Crippen LogP) is 10.2. The van der Waals surface area contributed by atoms with E-state index in [1.54, 1.807) is 49.8 Å². The van der Waals surface area contributed by atoms with Crippen molar-refractivity contribution in [2.45, 2.75) is 65.9 Å². The van der Waals surface area contributed by atoms with Crippen molar-refractivity contribution in [1.29, 1.82) is 0 Å². The second-order valence-corrected chi connectivity index (χ2v) is 13.0. The molecule has 0 saturated heterocycles. The fraction of sp³-hybridized carbons (Fsp3) is 0.324. The molecule has 0 aliphatic rings. The van der Waals surface area contributed by atoms with E-state index >= 15 is 0 Å². The number of halogens is 3. The lowest BCUT2D eigenvalue weighted by Crippen LogP contribution is -2.22. The minimum Gasteiger partial charge on any atom is -0.481 e. The number of pyridine rings is 2. The number of hydrogen-bond acceptors (Lipinski definition) is 6. The molecule has 0 bridgehead atoms. The van der Waals surface area contributed by atoms with Crippen molar-refractivity contribution in [3.8, 4) is 34.0 Å². The lowest BCUT2D eigenvalue weighted by molar-refractivity contribution is -0.148. The normalized spacial score (nSPS) is 11.4. The molecule has 2 aromatic heterocycles. The Morgan fingerprint density at radius 3 is 1.74 bits per heavy atom. The van der Waals surface area contributed by atoms with E-state index < -0.39 is 11.6 Å². The number of benzene rings is 2. The van der Waals surface area contributed by atoms with Crippen molar-refractivity contribution in [3.63, 3.8) is 0 Å². The van der Waals surface area contributed by atoms with Crippen LogP contribution in [-0.2, 0) is 9.53 Å². The maximum absolute atomic E-state index is 14.3. The van der Waals surface area contributed by atoms with E-state index in [1.165, 1.54) is 31.4 Å². The lowest BCUT2D eigenvalue weighted by Gasteiger charge is -2.18. The number of aromatic nitrogens is 2. The van der Waals surface area contributed by atoms with E-state index in [0.29, 0.717) is 17.3 Å². The molecule has 0 spiro atoms. The van der Waals surface area contributed by atoms with Crippen LogP contribution in [0.15, 0.2) is 71.5 Å². The molecule has 0 aliphatic heterocycles. The molecule has 0 saturated carbocycles. The summed E-state index contributed by atoms with van der Waals surface area (Å²) in [4.78, 5) is 20.3. The number of rotatable bonds is 8. The van der Waals surface area contributed by atoms with Crippen LogP contribution in [0.5, 0.6) is 11.8 Å². The fourth-order valence-electron chi connectivity index (χ4n) is 4.65. The zero-order chi connectivity index (χ0) is 34.2. The average molecular weight is 696 g/mol. The molecule has 0 unspecified atom stereocenters. The van der Waals surface area contributed by atoms with Crippen LogP contribution in [0.1, 0.15) is 77.0 Å². The van der Waals surface area contributed by atoms with Crippen LogP contribution in [0.3, 0.4) is 0 Å². The van der Waals surface area contributed by atoms with Gasteiger partial charge in [-0.05, 0) is 130 Å². The molecule has 0 atom stereocenters. The van der Waals surface area contributed by atoms with Gasteiger partial charge < -0.3 is 14.2 Å². The molecule has 46 heavy (non-hydrogen) atoms. The van der Waals surface area contributed by atoms with Crippen molar-refractivity contribution in [3.05, 3.63) is 99.8 Å². The summed E-state index contributed by atoms with van der Waals surface area (Å²) in [6.07, 6.45) is 6.33. The number of ether oxygens (including phenoxy) is 3. The Bertz CT molecular complexity index is 1700. The number of nitrogens with zero attached hydrogens (tertiary/aromatic N) is 2. The highest BCUT2D eigenvalue weighted by atomic mass is 79.9. The summed E-state index contributed by atoms with van der Waals surface area (Å²) >= 11 is 3.57. The molecule has 2 heterocycles. The third kappa shape index (κ3) is 9.94. The van der Waals surface area contributed by atoms with Gasteiger partial charge in [0, 0.05) is 35.1 Å². The van der Waals surface area contributed by atoms with Gasteiger partial charge in [0.05, 0.1) is 14.2 Å². The lowest BCUT2D eigenvalue weighted by atomic mass is 9.90. The Kier molecular flexibility index (Phi) is 12.6. The van der Waals surface area contributed by atoms with Gasteiger partial charge in [-0.3, -0.25) is 0 Å². The highest BCUT2D eigenvalue weighted by Crippen LogP contribution is 2.37. The van der Waals surface area contributed by atoms with Gasteiger partial charge in [-0.1, -0.05) is 27.7 Å². The molecule has 0 amide bonds. The molecule has 2 aromatic carbocycles. The molecule has 0 aliphatic carbocycles. The van der Waals surface area contributed by atoms with Gasteiger partial charge in [-0.15, -0.1) is 0 Å². The van der Waals surface area contributed by atoms with Crippen LogP contribution in [0.4, 0.5) is 8.78 Å². The number of methoxy groups -OCH3 is 2. The van der Waals surface area contributed by atoms with Gasteiger partial charge in [0.1, 0.15) is 17.2 Å². The van der Waals surface area contributed by atoms with Crippen molar-refractivity contribution >= 4 is 28.0 Å². The SMILES string of the molecule is COc1cc(-c2cc(F)cc(C(C)C)c2/C=C/C(=O)OC(C)(C)C)ccn1.COc1cc(-c2cc(F)cc(C(C)C)c2Br)ccn1. The van der Waals surface area contributed by atoms with Gasteiger partial charge in [0.2, 0.25) is 11.8 Å². The third-order valence-electron chi connectivity index (χ3n) is 6.79. The summed E-state index contributed by atoms with van der Waals surface area (Å²) in [7, 11) is 3.09. The summed E-state index contributed by atoms with van der Waals surface area (Å²) in [6, 6.07) is 13.2. The van der Waals surface area contributed by atoms with Crippen LogP contribution >= 0.6 is 15.9 Å². The van der Waals surface area contributed by atoms with E-state index in [9.17, 15) is 13.6 Å². The highest BCUT2D eigenvalue weighted by molar-refractivity contribution is 9.10. The Labute approximate surface area is 279 Å². The minimum absolute atomic E-state index is 0.0708. The van der Waals surface area contributed by atoms with Crippen LogP contribution in [0.25, 0.3) is 28.3 Å². The molecule has 0 radical (unpaired) electrons. The summed E-state index contributed by atoms with van der Waals surface area (Å²) in [5.74, 6) is 0.245. The van der Waals surface area contributed by atoms with E-state index in [4.69, 9.17) is 14.2 Å². The van der Waals surface area contributed by atoms with Gasteiger partial charge in [-0.2, -0.15) is 0 Å². The van der Waals surface area contributed by atoms with Crippen molar-refractivity contribution in [2.75, 3.05) is 14.2 Å². The quantitative estimate of drug-likeness (QED) is 0.135. The van der Waals surface area contributed by atoms with Crippen molar-refractivity contribution in [2.24, 2.45) is 0 Å². The van der Waals surface area contributed by atoms with E-state index in [1.807, 2.05) is 54.5 Å². The molecule has 0 N–H and O–H groups in total. The third-order valence-corrected chi connectivity index (χ3v) is 7.67. The Morgan fingerprint density at radius 1 is 0.783 bits per heavy atom. The van der Waals surface area contributed by atoms with Gasteiger partial charge in [0.15, 0.2) is 0 Å². The Hall–Kier alpha value is -4.11. The first-order valence-electron chi connectivity index (χ1n) is 14.9. The first-order valence-corrected chi connectivity index (χ1v) is 15.7. The molecule has 0 fully saturated rings. The standard InChI is InChI=1S/C22H26FNO3.C15H15BrFNO/c1-14(2)18-12-16(23)13-19(15-9-10-24-20(11-15)26-6)17(18)7-8-21(25)27-22(3,4)5;1-9(2)12-7-11(17)8-13(15(12)16)10-4-5-18-14(6-10)19-3/h7-14H,1-6H3;4-9H,1-3H3/b8-7+;. The number of carbonyl (C=O) groups is 1. The van der Waals surface area contributed by atoms with Crippen LogP contribution in [-0.4, -0.2) is 35.8 Å². The average Bonchev–Trinajstić information content (AvgIpc) is 3.00. The second-order valence-electron chi connectivity index (χ2n) is 12.2. The number of carbonyl (C=O) groups excluding carboxylic acids is 1. The maximum atomic E-state index is 14.3. The monoisotopic (exact) mass is 694 g/mol. The van der Waals surface area contributed by atoms with Crippen molar-refractivity contribution in [1.82, 2.24) is 9.97 Å². The largest absolute Gasteiger partial charge is 0.481 e. The maximum Gasteiger partial charge on any atom is 0.331 e. The topological polar surface area (TPSA) is 70.5 Å². The molecule has 4 aromatic rings. The van der Waals surface area contributed by atoms with Crippen LogP contribution < -0.4 is 9.47 Å². The molecule has 244 valence electrons. The van der Waals surface area contributed by atoms with Gasteiger partial charge >= 0.3 is 5.97 Å². The Balaban J connectivity index is 0.000000266. The van der Waals surface area contributed by atoms with E-state index in [-0.39, 0.29) is 23.5 Å². The summed E-state index contributed by atoms with van der Waals surface area (Å²) in [5.41, 5.74) is 5.06. The number of esters is 1. The predicted molar refractivity (Wildman–Crippen MR) is 183 cm³/mol. The second kappa shape index (κ2) is 15.9. The number of hydrogen-bond donors (Lipinski definition) is 0. The summed E-state index contributed by atoms with van der Waals surface area (Å²) in [6.45, 7) is 13.5. The zero-order valence-electron chi connectivity index (χ0n) is 27.7. The molecule has 4 rings (SSSR count). The van der Waals surface area contributed by atoms with Crippen LogP contribution in [0.2, 0.25) is 0 Å². The van der Waals surface area contributed by atoms with Gasteiger partial charge in [0.25, 0.3) is 0 Å². The fourth-order valence-corrected chi connectivity index (χ4v) is 5.56. The summed E-state index contributed by atoms with van der Waals surface area (Å²) in [5, 5.41) is 0. The highest BCUT2D eigenvalue weighted by Gasteiger charge is 2.17. The van der Waals surface area contributed by atoms with Gasteiger partial charge in [-0.25, -0.2) is 23.5 Å². The first kappa shape index (κ1) is 36.4. The van der Waals surface area contributed by atoms with Crippen molar-refractivity contribution < 1.29 is 27.8 Å². The Morgan fingerprint density at radius 2 is 1.26 bits per heavy atom. The van der Waals surface area contributed by atoms with Crippen LogP contribution in [0, 0.1) is 11.6 Å². The van der Waals surface area contributed by atoms with E-state index in [2.05, 4.69) is 25.9 Å². The molecule has 9 heteroatoms. The smallest absolute Gasteiger partial charge is 0.331 e. The first-order chi connectivity index (χ1) is 21.6. The summed E-state index contributed by atoms with van der Waals surface area (Å²) < 4.78 is 44.6. The molecular formula is C37H41BrF2N2O4.